The highest BCUT2D eigenvalue weighted by Gasteiger charge is 2.37. The molecule has 1 N–H and O–H groups in total. The van der Waals surface area contributed by atoms with Crippen molar-refractivity contribution in [3.8, 4) is 0 Å². The molecular weight excluding hydrogens is 264 g/mol. The zero-order valence-electron chi connectivity index (χ0n) is 13.7. The molecule has 4 heteroatoms. The van der Waals surface area contributed by atoms with Crippen LogP contribution in [0.5, 0.6) is 0 Å². The molecule has 122 valence electrons. The van der Waals surface area contributed by atoms with Gasteiger partial charge in [0, 0.05) is 38.3 Å². The van der Waals surface area contributed by atoms with Crippen LogP contribution in [0.1, 0.15) is 45.4 Å². The van der Waals surface area contributed by atoms with Gasteiger partial charge in [0.25, 0.3) is 0 Å². The van der Waals surface area contributed by atoms with E-state index in [1.807, 2.05) is 0 Å². The van der Waals surface area contributed by atoms with Gasteiger partial charge in [-0.05, 0) is 31.6 Å². The van der Waals surface area contributed by atoms with Gasteiger partial charge >= 0.3 is 0 Å². The molecule has 1 aliphatic carbocycles. The topological polar surface area (TPSA) is 33.7 Å². The summed E-state index contributed by atoms with van der Waals surface area (Å²) in [5.74, 6) is 0. The average molecular weight is 296 g/mol. The minimum atomic E-state index is 0.204. The van der Waals surface area contributed by atoms with Crippen LogP contribution in [0.2, 0.25) is 0 Å². The van der Waals surface area contributed by atoms with Crippen LogP contribution >= 0.6 is 0 Å². The molecule has 0 unspecified atom stereocenters. The number of rotatable bonds is 5. The zero-order chi connectivity index (χ0) is 14.6. The molecule has 0 spiro atoms. The number of hydrogen-bond donors (Lipinski definition) is 1. The van der Waals surface area contributed by atoms with Gasteiger partial charge in [0.05, 0.1) is 19.8 Å². The summed E-state index contributed by atoms with van der Waals surface area (Å²) in [5.41, 5.74) is 0.677. The van der Waals surface area contributed by atoms with E-state index in [0.29, 0.717) is 5.41 Å². The molecule has 4 nitrogen and oxygen atoms in total. The van der Waals surface area contributed by atoms with E-state index in [2.05, 4.69) is 17.1 Å². The largest absolute Gasteiger partial charge is 0.379 e. The van der Waals surface area contributed by atoms with Crippen molar-refractivity contribution in [2.24, 2.45) is 5.41 Å². The van der Waals surface area contributed by atoms with Gasteiger partial charge in [-0.3, -0.25) is 4.90 Å². The van der Waals surface area contributed by atoms with Crippen LogP contribution in [0.3, 0.4) is 0 Å². The van der Waals surface area contributed by atoms with E-state index in [9.17, 15) is 0 Å². The van der Waals surface area contributed by atoms with Crippen molar-refractivity contribution in [1.29, 1.82) is 0 Å². The Bertz CT molecular complexity index is 317. The Kier molecular flexibility index (Phi) is 5.20. The lowest BCUT2D eigenvalue weighted by Gasteiger charge is -2.44. The van der Waals surface area contributed by atoms with Crippen molar-refractivity contribution in [2.45, 2.75) is 51.0 Å². The highest BCUT2D eigenvalue weighted by atomic mass is 16.5. The Morgan fingerprint density at radius 1 is 0.952 bits per heavy atom. The standard InChI is InChI=1S/C17H32N2O2/c1-16(7-10-21-15-16)18-13-17(5-3-2-4-6-17)14-19-8-11-20-12-9-19/h18H,2-15H2,1H3/t16-/m0/s1. The van der Waals surface area contributed by atoms with E-state index >= 15 is 0 Å². The second kappa shape index (κ2) is 6.95. The third-order valence-corrected chi connectivity index (χ3v) is 5.69. The summed E-state index contributed by atoms with van der Waals surface area (Å²) in [5, 5.41) is 3.88. The van der Waals surface area contributed by atoms with Gasteiger partial charge in [-0.2, -0.15) is 0 Å². The van der Waals surface area contributed by atoms with Gasteiger partial charge < -0.3 is 14.8 Å². The van der Waals surface area contributed by atoms with Crippen molar-refractivity contribution < 1.29 is 9.47 Å². The zero-order valence-corrected chi connectivity index (χ0v) is 13.7. The lowest BCUT2D eigenvalue weighted by molar-refractivity contribution is 0.00515. The fourth-order valence-corrected chi connectivity index (χ4v) is 4.13. The number of nitrogens with zero attached hydrogens (tertiary/aromatic N) is 1. The Balaban J connectivity index is 1.58. The second-order valence-corrected chi connectivity index (χ2v) is 7.67. The molecule has 3 fully saturated rings. The summed E-state index contributed by atoms with van der Waals surface area (Å²) in [7, 11) is 0. The summed E-state index contributed by atoms with van der Waals surface area (Å²) in [6.07, 6.45) is 8.15. The Labute approximate surface area is 129 Å². The molecule has 0 bridgehead atoms. The van der Waals surface area contributed by atoms with E-state index < -0.39 is 0 Å². The lowest BCUT2D eigenvalue weighted by atomic mass is 9.73. The molecule has 0 amide bonds. The lowest BCUT2D eigenvalue weighted by Crippen LogP contribution is -2.53. The first kappa shape index (κ1) is 15.7. The van der Waals surface area contributed by atoms with Crippen molar-refractivity contribution in [3.63, 3.8) is 0 Å². The predicted octanol–water partition coefficient (Wildman–Crippen LogP) is 2.04. The van der Waals surface area contributed by atoms with Gasteiger partial charge in [0.2, 0.25) is 0 Å². The first-order valence-corrected chi connectivity index (χ1v) is 8.83. The molecule has 0 radical (unpaired) electrons. The van der Waals surface area contributed by atoms with E-state index in [0.717, 1.165) is 52.5 Å². The van der Waals surface area contributed by atoms with Crippen LogP contribution in [-0.4, -0.2) is 63.0 Å². The van der Waals surface area contributed by atoms with Crippen LogP contribution in [0.4, 0.5) is 0 Å². The highest BCUT2D eigenvalue weighted by Crippen LogP contribution is 2.37. The molecule has 3 aliphatic rings. The summed E-state index contributed by atoms with van der Waals surface area (Å²) < 4.78 is 11.1. The molecule has 1 atom stereocenters. The fraction of sp³-hybridized carbons (Fsp3) is 1.00. The third kappa shape index (κ3) is 4.19. The van der Waals surface area contributed by atoms with Gasteiger partial charge in [-0.25, -0.2) is 0 Å². The quantitative estimate of drug-likeness (QED) is 0.842. The summed E-state index contributed by atoms with van der Waals surface area (Å²) in [6.45, 7) is 10.6. The van der Waals surface area contributed by atoms with Gasteiger partial charge in [-0.1, -0.05) is 19.3 Å². The molecule has 2 saturated heterocycles. The minimum absolute atomic E-state index is 0.204. The number of hydrogen-bond acceptors (Lipinski definition) is 4. The molecule has 1 saturated carbocycles. The van der Waals surface area contributed by atoms with Gasteiger partial charge in [0.15, 0.2) is 0 Å². The van der Waals surface area contributed by atoms with Crippen molar-refractivity contribution in [1.82, 2.24) is 10.2 Å². The van der Waals surface area contributed by atoms with Crippen LogP contribution in [-0.2, 0) is 9.47 Å². The van der Waals surface area contributed by atoms with Gasteiger partial charge in [-0.15, -0.1) is 0 Å². The van der Waals surface area contributed by atoms with Crippen molar-refractivity contribution >= 4 is 0 Å². The minimum Gasteiger partial charge on any atom is -0.379 e. The molecular formula is C17H32N2O2. The average Bonchev–Trinajstić information content (AvgIpc) is 2.95. The van der Waals surface area contributed by atoms with E-state index in [1.165, 1.54) is 38.6 Å². The predicted molar refractivity (Wildman–Crippen MR) is 84.6 cm³/mol. The van der Waals surface area contributed by atoms with Crippen molar-refractivity contribution in [2.75, 3.05) is 52.6 Å². The summed E-state index contributed by atoms with van der Waals surface area (Å²) in [6, 6.07) is 0. The maximum Gasteiger partial charge on any atom is 0.0646 e. The molecule has 0 aromatic heterocycles. The monoisotopic (exact) mass is 296 g/mol. The number of morpholine rings is 1. The summed E-state index contributed by atoms with van der Waals surface area (Å²) in [4.78, 5) is 2.63. The first-order chi connectivity index (χ1) is 10.2. The second-order valence-electron chi connectivity index (χ2n) is 7.67. The Hall–Kier alpha value is -0.160. The third-order valence-electron chi connectivity index (χ3n) is 5.69. The molecule has 2 aliphatic heterocycles. The van der Waals surface area contributed by atoms with Crippen LogP contribution < -0.4 is 5.32 Å². The molecule has 21 heavy (non-hydrogen) atoms. The van der Waals surface area contributed by atoms with E-state index in [1.54, 1.807) is 0 Å². The summed E-state index contributed by atoms with van der Waals surface area (Å²) >= 11 is 0. The van der Waals surface area contributed by atoms with Crippen LogP contribution in [0.25, 0.3) is 0 Å². The maximum atomic E-state index is 5.59. The highest BCUT2D eigenvalue weighted by molar-refractivity contribution is 4.94. The normalized spacial score (nSPS) is 34.1. The molecule has 3 rings (SSSR count). The smallest absolute Gasteiger partial charge is 0.0646 e. The number of nitrogens with one attached hydrogen (secondary N) is 1. The van der Waals surface area contributed by atoms with Crippen LogP contribution in [0, 0.1) is 5.41 Å². The van der Waals surface area contributed by atoms with E-state index in [4.69, 9.17) is 9.47 Å². The molecule has 2 heterocycles. The fourth-order valence-electron chi connectivity index (χ4n) is 4.13. The Morgan fingerprint density at radius 3 is 2.38 bits per heavy atom. The number of ether oxygens (including phenoxy) is 2. The maximum absolute atomic E-state index is 5.59. The van der Waals surface area contributed by atoms with Gasteiger partial charge in [0.1, 0.15) is 0 Å². The van der Waals surface area contributed by atoms with Crippen LogP contribution in [0.15, 0.2) is 0 Å². The SMILES string of the molecule is C[C@]1(NCC2(CN3CCOCC3)CCCCC2)CCOC1. The molecule has 0 aromatic rings. The van der Waals surface area contributed by atoms with E-state index in [-0.39, 0.29) is 5.54 Å². The Morgan fingerprint density at radius 2 is 1.71 bits per heavy atom. The first-order valence-electron chi connectivity index (χ1n) is 8.83. The molecule has 0 aromatic carbocycles. The van der Waals surface area contributed by atoms with Crippen molar-refractivity contribution in [3.05, 3.63) is 0 Å².